The lowest BCUT2D eigenvalue weighted by atomic mass is 10.1. The molecular weight excluding hydrogens is 206 g/mol. The number of hydrogen-bond acceptors (Lipinski definition) is 2. The molecule has 0 spiro atoms. The Morgan fingerprint density at radius 1 is 1.27 bits per heavy atom. The maximum absolute atomic E-state index is 11.0. The van der Waals surface area contributed by atoms with Gasteiger partial charge in [-0.2, -0.15) is 0 Å². The molecule has 0 unspecified atom stereocenters. The van der Waals surface area contributed by atoms with Crippen molar-refractivity contribution in [2.45, 2.75) is 19.8 Å². The molecule has 3 heteroatoms. The molecule has 2 rings (SSSR count). The Balaban J connectivity index is 2.27. The second-order valence-corrected chi connectivity index (χ2v) is 4.35. The van der Waals surface area contributed by atoms with Gasteiger partial charge in [0.25, 0.3) is 0 Å². The smallest absolute Gasteiger partial charge is 0.304 e. The van der Waals surface area contributed by atoms with Gasteiger partial charge in [0.05, 0.1) is 5.69 Å². The van der Waals surface area contributed by atoms with Crippen LogP contribution < -0.4 is 4.87 Å². The zero-order valence-corrected chi connectivity index (χ0v) is 9.43. The lowest BCUT2D eigenvalue weighted by Gasteiger charge is -2.00. The van der Waals surface area contributed by atoms with Gasteiger partial charge < -0.3 is 4.98 Å². The summed E-state index contributed by atoms with van der Waals surface area (Å²) in [6, 6.07) is 8.36. The van der Waals surface area contributed by atoms with E-state index in [4.69, 9.17) is 0 Å². The van der Waals surface area contributed by atoms with Gasteiger partial charge >= 0.3 is 4.87 Å². The Morgan fingerprint density at radius 3 is 2.53 bits per heavy atom. The molecule has 2 nitrogen and oxygen atoms in total. The fraction of sp³-hybridized carbons (Fsp3) is 0.250. The number of hydrogen-bond donors (Lipinski definition) is 1. The van der Waals surface area contributed by atoms with Gasteiger partial charge in [-0.15, -0.1) is 0 Å². The molecule has 0 atom stereocenters. The van der Waals surface area contributed by atoms with Crippen LogP contribution in [0.15, 0.2) is 34.4 Å². The normalized spacial score (nSPS) is 10.5. The van der Waals surface area contributed by atoms with Crippen molar-refractivity contribution in [3.63, 3.8) is 0 Å². The first-order valence-corrected chi connectivity index (χ1v) is 5.94. The largest absolute Gasteiger partial charge is 0.312 e. The Bertz CT molecular complexity index is 481. The van der Waals surface area contributed by atoms with Crippen LogP contribution in [0.4, 0.5) is 0 Å². The van der Waals surface area contributed by atoms with Gasteiger partial charge in [-0.1, -0.05) is 48.9 Å². The van der Waals surface area contributed by atoms with Crippen LogP contribution >= 0.6 is 11.3 Å². The summed E-state index contributed by atoms with van der Waals surface area (Å²) in [6.45, 7) is 2.17. The van der Waals surface area contributed by atoms with E-state index >= 15 is 0 Å². The molecule has 0 radical (unpaired) electrons. The van der Waals surface area contributed by atoms with Gasteiger partial charge in [-0.3, -0.25) is 4.79 Å². The van der Waals surface area contributed by atoms with E-state index in [2.05, 4.69) is 36.2 Å². The zero-order chi connectivity index (χ0) is 10.7. The minimum Gasteiger partial charge on any atom is -0.312 e. The molecule has 0 saturated heterocycles. The first kappa shape index (κ1) is 10.2. The van der Waals surface area contributed by atoms with E-state index < -0.39 is 0 Å². The summed E-state index contributed by atoms with van der Waals surface area (Å²) in [4.78, 5) is 13.8. The average Bonchev–Trinajstić information content (AvgIpc) is 2.67. The standard InChI is InChI=1S/C12H13NOS/c1-2-3-9-4-6-10(7-5-9)11-8-15-12(14)13-11/h4-8H,2-3H2,1H3,(H,13,14). The Kier molecular flexibility index (Phi) is 3.02. The van der Waals surface area contributed by atoms with Crippen molar-refractivity contribution in [1.29, 1.82) is 0 Å². The first-order chi connectivity index (χ1) is 7.29. The lowest BCUT2D eigenvalue weighted by molar-refractivity contribution is 0.922. The number of rotatable bonds is 3. The molecule has 1 aromatic carbocycles. The molecule has 2 aromatic rings. The topological polar surface area (TPSA) is 32.9 Å². The van der Waals surface area contributed by atoms with E-state index in [1.165, 1.54) is 16.9 Å². The third-order valence-electron chi connectivity index (χ3n) is 2.32. The molecule has 78 valence electrons. The molecule has 0 amide bonds. The van der Waals surface area contributed by atoms with Crippen LogP contribution in [0.25, 0.3) is 11.3 Å². The van der Waals surface area contributed by atoms with Crippen LogP contribution in [0.2, 0.25) is 0 Å². The van der Waals surface area contributed by atoms with Gasteiger partial charge in [0.15, 0.2) is 0 Å². The van der Waals surface area contributed by atoms with E-state index in [-0.39, 0.29) is 4.87 Å². The third kappa shape index (κ3) is 2.36. The van der Waals surface area contributed by atoms with Gasteiger partial charge in [-0.25, -0.2) is 0 Å². The summed E-state index contributed by atoms with van der Waals surface area (Å²) in [6.07, 6.45) is 2.27. The van der Waals surface area contributed by atoms with Crippen molar-refractivity contribution < 1.29 is 0 Å². The van der Waals surface area contributed by atoms with Gasteiger partial charge in [0, 0.05) is 5.38 Å². The van der Waals surface area contributed by atoms with Gasteiger partial charge in [0.2, 0.25) is 0 Å². The average molecular weight is 219 g/mol. The number of aromatic amines is 1. The highest BCUT2D eigenvalue weighted by molar-refractivity contribution is 7.07. The molecule has 1 N–H and O–H groups in total. The maximum atomic E-state index is 11.0. The van der Waals surface area contributed by atoms with E-state index in [1.54, 1.807) is 0 Å². The summed E-state index contributed by atoms with van der Waals surface area (Å²) in [5, 5.41) is 1.86. The highest BCUT2D eigenvalue weighted by atomic mass is 32.1. The van der Waals surface area contributed by atoms with Crippen LogP contribution in [-0.2, 0) is 6.42 Å². The minimum atomic E-state index is 0.00244. The molecule has 1 aromatic heterocycles. The number of thiazole rings is 1. The first-order valence-electron chi connectivity index (χ1n) is 5.06. The van der Waals surface area contributed by atoms with Crippen molar-refractivity contribution >= 4 is 11.3 Å². The van der Waals surface area contributed by atoms with E-state index in [9.17, 15) is 4.79 Å². The maximum Gasteiger partial charge on any atom is 0.304 e. The molecule has 0 aliphatic carbocycles. The summed E-state index contributed by atoms with van der Waals surface area (Å²) < 4.78 is 0. The number of H-pyrrole nitrogens is 1. The van der Waals surface area contributed by atoms with Crippen molar-refractivity contribution in [1.82, 2.24) is 4.98 Å². The number of benzene rings is 1. The highest BCUT2D eigenvalue weighted by Gasteiger charge is 2.00. The predicted octanol–water partition coefficient (Wildman–Crippen LogP) is 3.06. The molecule has 1 heterocycles. The van der Waals surface area contributed by atoms with E-state index in [0.29, 0.717) is 0 Å². The van der Waals surface area contributed by atoms with Gasteiger partial charge in [0.1, 0.15) is 0 Å². The quantitative estimate of drug-likeness (QED) is 0.845. The van der Waals surface area contributed by atoms with E-state index in [0.717, 1.165) is 24.1 Å². The number of aromatic nitrogens is 1. The van der Waals surface area contributed by atoms with Crippen LogP contribution in [-0.4, -0.2) is 4.98 Å². The Hall–Kier alpha value is -1.35. The molecular formula is C12H13NOS. The van der Waals surface area contributed by atoms with Crippen LogP contribution in [0.3, 0.4) is 0 Å². The fourth-order valence-electron chi connectivity index (χ4n) is 1.56. The Morgan fingerprint density at radius 2 is 2.00 bits per heavy atom. The zero-order valence-electron chi connectivity index (χ0n) is 8.62. The van der Waals surface area contributed by atoms with Crippen LogP contribution in [0.1, 0.15) is 18.9 Å². The fourth-order valence-corrected chi connectivity index (χ4v) is 2.15. The van der Waals surface area contributed by atoms with Gasteiger partial charge in [-0.05, 0) is 17.5 Å². The second-order valence-electron chi connectivity index (χ2n) is 3.51. The molecule has 0 bridgehead atoms. The SMILES string of the molecule is CCCc1ccc(-c2csc(=O)[nH]2)cc1. The minimum absolute atomic E-state index is 0.00244. The third-order valence-corrected chi connectivity index (χ3v) is 2.99. The van der Waals surface area contributed by atoms with Crippen LogP contribution in [0, 0.1) is 0 Å². The van der Waals surface area contributed by atoms with Crippen molar-refractivity contribution in [2.24, 2.45) is 0 Å². The summed E-state index contributed by atoms with van der Waals surface area (Å²) in [7, 11) is 0. The van der Waals surface area contributed by atoms with Crippen molar-refractivity contribution in [2.75, 3.05) is 0 Å². The Labute approximate surface area is 92.6 Å². The molecule has 15 heavy (non-hydrogen) atoms. The van der Waals surface area contributed by atoms with Crippen molar-refractivity contribution in [3.05, 3.63) is 44.9 Å². The second kappa shape index (κ2) is 4.45. The molecule has 0 saturated carbocycles. The van der Waals surface area contributed by atoms with E-state index in [1.807, 2.05) is 5.38 Å². The van der Waals surface area contributed by atoms with Crippen LogP contribution in [0.5, 0.6) is 0 Å². The number of aryl methyl sites for hydroxylation is 1. The monoisotopic (exact) mass is 219 g/mol. The summed E-state index contributed by atoms with van der Waals surface area (Å²) in [5.74, 6) is 0. The lowest BCUT2D eigenvalue weighted by Crippen LogP contribution is -1.92. The highest BCUT2D eigenvalue weighted by Crippen LogP contribution is 2.18. The predicted molar refractivity (Wildman–Crippen MR) is 64.4 cm³/mol. The number of nitrogens with one attached hydrogen (secondary N) is 1. The van der Waals surface area contributed by atoms with Crippen molar-refractivity contribution in [3.8, 4) is 11.3 Å². The molecule has 0 aliphatic rings. The summed E-state index contributed by atoms with van der Waals surface area (Å²) >= 11 is 1.20. The summed E-state index contributed by atoms with van der Waals surface area (Å²) in [5.41, 5.74) is 3.33. The molecule has 0 aliphatic heterocycles. The molecule has 0 fully saturated rings.